The van der Waals surface area contributed by atoms with Gasteiger partial charge in [-0.25, -0.2) is 4.79 Å². The smallest absolute Gasteiger partial charge is 0.315 e. The zero-order valence-corrected chi connectivity index (χ0v) is 10.3. The number of hydrogen-bond donors (Lipinski definition) is 3. The minimum atomic E-state index is -0.275. The Morgan fingerprint density at radius 3 is 2.25 bits per heavy atom. The highest BCUT2D eigenvalue weighted by atomic mass is 16.2. The third kappa shape index (κ3) is 9.30. The second-order valence-electron chi connectivity index (χ2n) is 3.67. The van der Waals surface area contributed by atoms with Crippen molar-refractivity contribution in [3.63, 3.8) is 0 Å². The molecule has 0 heterocycles. The Labute approximate surface area is 97.4 Å². The summed E-state index contributed by atoms with van der Waals surface area (Å²) < 4.78 is 0. The summed E-state index contributed by atoms with van der Waals surface area (Å²) in [6.07, 6.45) is 4.11. The van der Waals surface area contributed by atoms with Crippen molar-refractivity contribution in [1.29, 1.82) is 0 Å². The third-order valence-electron chi connectivity index (χ3n) is 2.05. The van der Waals surface area contributed by atoms with Crippen LogP contribution in [-0.2, 0) is 4.79 Å². The van der Waals surface area contributed by atoms with Gasteiger partial charge in [0.05, 0.1) is 6.54 Å². The summed E-state index contributed by atoms with van der Waals surface area (Å²) in [5, 5.41) is 7.89. The van der Waals surface area contributed by atoms with Crippen LogP contribution in [0.25, 0.3) is 0 Å². The lowest BCUT2D eigenvalue weighted by Crippen LogP contribution is -2.42. The first kappa shape index (κ1) is 14.7. The highest BCUT2D eigenvalue weighted by molar-refractivity contribution is 5.83. The average molecular weight is 229 g/mol. The van der Waals surface area contributed by atoms with Crippen molar-refractivity contribution in [2.45, 2.75) is 39.5 Å². The van der Waals surface area contributed by atoms with E-state index in [4.69, 9.17) is 0 Å². The molecule has 0 atom stereocenters. The van der Waals surface area contributed by atoms with Gasteiger partial charge in [-0.1, -0.05) is 26.7 Å². The maximum atomic E-state index is 11.2. The van der Waals surface area contributed by atoms with Gasteiger partial charge in [0.1, 0.15) is 0 Å². The predicted molar refractivity (Wildman–Crippen MR) is 64.2 cm³/mol. The van der Waals surface area contributed by atoms with Crippen LogP contribution in [0.3, 0.4) is 0 Å². The SMILES string of the molecule is CCCCCNC(=O)NCC(=O)NCCC. The fourth-order valence-electron chi connectivity index (χ4n) is 1.13. The number of carbonyl (C=O) groups excluding carboxylic acids is 2. The van der Waals surface area contributed by atoms with Crippen LogP contribution in [0.1, 0.15) is 39.5 Å². The van der Waals surface area contributed by atoms with Gasteiger partial charge in [0.15, 0.2) is 0 Å². The minimum absolute atomic E-state index is 0.0413. The maximum absolute atomic E-state index is 11.2. The molecule has 0 unspecified atom stereocenters. The van der Waals surface area contributed by atoms with E-state index in [1.165, 1.54) is 0 Å². The monoisotopic (exact) mass is 229 g/mol. The summed E-state index contributed by atoms with van der Waals surface area (Å²) in [5.74, 6) is -0.148. The van der Waals surface area contributed by atoms with Gasteiger partial charge < -0.3 is 16.0 Å². The molecule has 0 aliphatic rings. The van der Waals surface area contributed by atoms with E-state index in [0.29, 0.717) is 13.1 Å². The third-order valence-corrected chi connectivity index (χ3v) is 2.05. The molecular formula is C11H23N3O2. The molecule has 0 saturated heterocycles. The van der Waals surface area contributed by atoms with Gasteiger partial charge in [-0.2, -0.15) is 0 Å². The molecule has 0 rings (SSSR count). The molecule has 0 aromatic carbocycles. The van der Waals surface area contributed by atoms with Crippen molar-refractivity contribution in [2.75, 3.05) is 19.6 Å². The summed E-state index contributed by atoms with van der Waals surface area (Å²) >= 11 is 0. The van der Waals surface area contributed by atoms with Gasteiger partial charge in [0, 0.05) is 13.1 Å². The Morgan fingerprint density at radius 1 is 0.875 bits per heavy atom. The first-order valence-electron chi connectivity index (χ1n) is 5.99. The Hall–Kier alpha value is -1.26. The lowest BCUT2D eigenvalue weighted by molar-refractivity contribution is -0.120. The van der Waals surface area contributed by atoms with Crippen LogP contribution >= 0.6 is 0 Å². The Morgan fingerprint density at radius 2 is 1.62 bits per heavy atom. The molecule has 5 nitrogen and oxygen atoms in total. The lowest BCUT2D eigenvalue weighted by atomic mass is 10.2. The number of hydrogen-bond acceptors (Lipinski definition) is 2. The number of nitrogens with one attached hydrogen (secondary N) is 3. The van der Waals surface area contributed by atoms with Crippen molar-refractivity contribution >= 4 is 11.9 Å². The molecule has 16 heavy (non-hydrogen) atoms. The first-order chi connectivity index (χ1) is 7.70. The molecule has 94 valence electrons. The molecule has 0 aliphatic heterocycles. The van der Waals surface area contributed by atoms with E-state index in [2.05, 4.69) is 22.9 Å². The van der Waals surface area contributed by atoms with E-state index in [0.717, 1.165) is 25.7 Å². The van der Waals surface area contributed by atoms with E-state index >= 15 is 0 Å². The summed E-state index contributed by atoms with van der Waals surface area (Å²) in [4.78, 5) is 22.3. The second kappa shape index (κ2) is 10.3. The van der Waals surface area contributed by atoms with E-state index in [1.807, 2.05) is 6.92 Å². The second-order valence-corrected chi connectivity index (χ2v) is 3.67. The van der Waals surface area contributed by atoms with Gasteiger partial charge in [-0.15, -0.1) is 0 Å². The number of carbonyl (C=O) groups is 2. The van der Waals surface area contributed by atoms with Crippen LogP contribution in [0.2, 0.25) is 0 Å². The summed E-state index contributed by atoms with van der Waals surface area (Å²) in [7, 11) is 0. The first-order valence-corrected chi connectivity index (χ1v) is 5.99. The van der Waals surface area contributed by atoms with Crippen molar-refractivity contribution < 1.29 is 9.59 Å². The molecular weight excluding hydrogens is 206 g/mol. The van der Waals surface area contributed by atoms with Crippen LogP contribution in [-0.4, -0.2) is 31.6 Å². The van der Waals surface area contributed by atoms with Gasteiger partial charge >= 0.3 is 6.03 Å². The summed E-state index contributed by atoms with van der Waals surface area (Å²) in [6, 6.07) is -0.275. The molecule has 3 N–H and O–H groups in total. The molecule has 0 bridgehead atoms. The van der Waals surface area contributed by atoms with Crippen LogP contribution in [0.5, 0.6) is 0 Å². The largest absolute Gasteiger partial charge is 0.355 e. The molecule has 5 heteroatoms. The standard InChI is InChI=1S/C11H23N3O2/c1-3-5-6-8-13-11(16)14-9-10(15)12-7-4-2/h3-9H2,1-2H3,(H,12,15)(H2,13,14,16). The molecule has 0 saturated carbocycles. The maximum Gasteiger partial charge on any atom is 0.315 e. The van der Waals surface area contributed by atoms with Crippen molar-refractivity contribution in [2.24, 2.45) is 0 Å². The Balaban J connectivity index is 3.38. The van der Waals surface area contributed by atoms with Gasteiger partial charge in [0.2, 0.25) is 5.91 Å². The molecule has 0 radical (unpaired) electrons. The van der Waals surface area contributed by atoms with E-state index in [-0.39, 0.29) is 18.5 Å². The summed E-state index contributed by atoms with van der Waals surface area (Å²) in [6.45, 7) is 5.45. The Kier molecular flexibility index (Phi) is 9.46. The zero-order chi connectivity index (χ0) is 12.2. The van der Waals surface area contributed by atoms with Crippen LogP contribution in [0, 0.1) is 0 Å². The molecule has 0 aromatic rings. The topological polar surface area (TPSA) is 70.2 Å². The summed E-state index contributed by atoms with van der Waals surface area (Å²) in [5.41, 5.74) is 0. The molecule has 0 fully saturated rings. The highest BCUT2D eigenvalue weighted by Crippen LogP contribution is 1.90. The van der Waals surface area contributed by atoms with E-state index in [1.54, 1.807) is 0 Å². The van der Waals surface area contributed by atoms with Crippen LogP contribution in [0.15, 0.2) is 0 Å². The predicted octanol–water partition coefficient (Wildman–Crippen LogP) is 1.00. The van der Waals surface area contributed by atoms with E-state index < -0.39 is 0 Å². The fourth-order valence-corrected chi connectivity index (χ4v) is 1.13. The number of amides is 3. The van der Waals surface area contributed by atoms with Crippen molar-refractivity contribution in [3.05, 3.63) is 0 Å². The average Bonchev–Trinajstić information content (AvgIpc) is 2.29. The minimum Gasteiger partial charge on any atom is -0.355 e. The number of unbranched alkanes of at least 4 members (excludes halogenated alkanes) is 2. The van der Waals surface area contributed by atoms with Crippen molar-refractivity contribution in [3.8, 4) is 0 Å². The molecule has 0 aromatic heterocycles. The number of rotatable bonds is 8. The molecule has 0 spiro atoms. The number of urea groups is 1. The van der Waals surface area contributed by atoms with Crippen LogP contribution < -0.4 is 16.0 Å². The fraction of sp³-hybridized carbons (Fsp3) is 0.818. The van der Waals surface area contributed by atoms with Crippen LogP contribution in [0.4, 0.5) is 4.79 Å². The quantitative estimate of drug-likeness (QED) is 0.543. The van der Waals surface area contributed by atoms with Crippen molar-refractivity contribution in [1.82, 2.24) is 16.0 Å². The van der Waals surface area contributed by atoms with E-state index in [9.17, 15) is 9.59 Å². The zero-order valence-electron chi connectivity index (χ0n) is 10.3. The molecule has 3 amide bonds. The Bertz CT molecular complexity index is 207. The molecule has 0 aliphatic carbocycles. The van der Waals surface area contributed by atoms with Gasteiger partial charge in [-0.05, 0) is 12.8 Å². The highest BCUT2D eigenvalue weighted by Gasteiger charge is 2.03. The lowest BCUT2D eigenvalue weighted by Gasteiger charge is -2.07. The van der Waals surface area contributed by atoms with Gasteiger partial charge in [-0.3, -0.25) is 4.79 Å². The normalized spacial score (nSPS) is 9.62. The van der Waals surface area contributed by atoms with Gasteiger partial charge in [0.25, 0.3) is 0 Å².